The van der Waals surface area contributed by atoms with Crippen LogP contribution in [-0.4, -0.2) is 24.0 Å². The molecule has 2 nitrogen and oxygen atoms in total. The molecule has 1 aromatic carbocycles. The molecule has 0 amide bonds. The Morgan fingerprint density at radius 2 is 2.00 bits per heavy atom. The lowest BCUT2D eigenvalue weighted by Gasteiger charge is -2.29. The molecule has 2 heteroatoms. The molecule has 2 rings (SSSR count). The fourth-order valence-electron chi connectivity index (χ4n) is 2.72. The third-order valence-corrected chi connectivity index (χ3v) is 3.58. The van der Waals surface area contributed by atoms with Crippen molar-refractivity contribution in [2.24, 2.45) is 11.7 Å². The fourth-order valence-corrected chi connectivity index (χ4v) is 2.72. The van der Waals surface area contributed by atoms with E-state index in [1.807, 2.05) is 0 Å². The normalized spacial score (nSPS) is 23.2. The van der Waals surface area contributed by atoms with Crippen LogP contribution in [0.25, 0.3) is 0 Å². The summed E-state index contributed by atoms with van der Waals surface area (Å²) in [6.07, 6.45) is 2.36. The van der Waals surface area contributed by atoms with Gasteiger partial charge in [0, 0.05) is 25.2 Å². The first kappa shape index (κ1) is 12.6. The molecule has 0 radical (unpaired) electrons. The topological polar surface area (TPSA) is 29.3 Å². The molecule has 1 aliphatic heterocycles. The van der Waals surface area contributed by atoms with Crippen molar-refractivity contribution in [1.82, 2.24) is 4.90 Å². The van der Waals surface area contributed by atoms with Crippen molar-refractivity contribution in [1.29, 1.82) is 0 Å². The molecule has 0 saturated carbocycles. The summed E-state index contributed by atoms with van der Waals surface area (Å²) >= 11 is 0. The first-order valence-corrected chi connectivity index (χ1v) is 6.71. The summed E-state index contributed by atoms with van der Waals surface area (Å²) in [7, 11) is 0. The monoisotopic (exact) mass is 232 g/mol. The molecule has 2 atom stereocenters. The van der Waals surface area contributed by atoms with Crippen LogP contribution in [0.5, 0.6) is 0 Å². The van der Waals surface area contributed by atoms with Gasteiger partial charge in [-0.1, -0.05) is 44.2 Å². The highest BCUT2D eigenvalue weighted by molar-refractivity contribution is 5.19. The van der Waals surface area contributed by atoms with Gasteiger partial charge in [0.05, 0.1) is 0 Å². The van der Waals surface area contributed by atoms with E-state index in [1.165, 1.54) is 12.0 Å². The molecule has 2 unspecified atom stereocenters. The van der Waals surface area contributed by atoms with Crippen molar-refractivity contribution in [2.75, 3.05) is 13.1 Å². The van der Waals surface area contributed by atoms with Gasteiger partial charge in [0.15, 0.2) is 0 Å². The molecule has 0 bridgehead atoms. The minimum absolute atomic E-state index is 0.369. The van der Waals surface area contributed by atoms with E-state index >= 15 is 0 Å². The Morgan fingerprint density at radius 1 is 1.29 bits per heavy atom. The van der Waals surface area contributed by atoms with Gasteiger partial charge in [-0.3, -0.25) is 4.90 Å². The molecular weight excluding hydrogens is 208 g/mol. The summed E-state index contributed by atoms with van der Waals surface area (Å²) in [4.78, 5) is 2.56. The maximum atomic E-state index is 6.03. The zero-order valence-electron chi connectivity index (χ0n) is 11.0. The number of hydrogen-bond acceptors (Lipinski definition) is 2. The van der Waals surface area contributed by atoms with Gasteiger partial charge in [0.25, 0.3) is 0 Å². The van der Waals surface area contributed by atoms with Gasteiger partial charge in [-0.25, -0.2) is 0 Å². The smallest absolute Gasteiger partial charge is 0.0351 e. The second-order valence-corrected chi connectivity index (χ2v) is 5.60. The molecule has 94 valence electrons. The Labute approximate surface area is 105 Å². The van der Waals surface area contributed by atoms with E-state index in [9.17, 15) is 0 Å². The SMILES string of the molecule is CC(C)CC(c1ccccc1)N1CCC(N)C1. The third-order valence-electron chi connectivity index (χ3n) is 3.58. The zero-order chi connectivity index (χ0) is 12.3. The second-order valence-electron chi connectivity index (χ2n) is 5.60. The summed E-state index contributed by atoms with van der Waals surface area (Å²) in [5.41, 5.74) is 7.47. The van der Waals surface area contributed by atoms with E-state index in [4.69, 9.17) is 5.73 Å². The Hall–Kier alpha value is -0.860. The zero-order valence-corrected chi connectivity index (χ0v) is 11.0. The molecule has 1 heterocycles. The Kier molecular flexibility index (Phi) is 4.19. The average molecular weight is 232 g/mol. The first-order valence-electron chi connectivity index (χ1n) is 6.71. The maximum Gasteiger partial charge on any atom is 0.0351 e. The molecule has 1 aromatic rings. The van der Waals surface area contributed by atoms with Crippen molar-refractivity contribution >= 4 is 0 Å². The minimum atomic E-state index is 0.369. The predicted octanol–water partition coefficient (Wildman–Crippen LogP) is 2.81. The Bertz CT molecular complexity index is 334. The van der Waals surface area contributed by atoms with E-state index in [2.05, 4.69) is 49.1 Å². The van der Waals surface area contributed by atoms with E-state index in [-0.39, 0.29) is 0 Å². The molecule has 1 fully saturated rings. The van der Waals surface area contributed by atoms with Crippen molar-refractivity contribution < 1.29 is 0 Å². The van der Waals surface area contributed by atoms with Crippen LogP contribution in [-0.2, 0) is 0 Å². The van der Waals surface area contributed by atoms with Gasteiger partial charge in [-0.15, -0.1) is 0 Å². The number of benzene rings is 1. The highest BCUT2D eigenvalue weighted by Crippen LogP contribution is 2.30. The molecule has 0 aromatic heterocycles. The number of nitrogens with zero attached hydrogens (tertiary/aromatic N) is 1. The largest absolute Gasteiger partial charge is 0.326 e. The summed E-state index contributed by atoms with van der Waals surface area (Å²) in [6.45, 7) is 6.79. The number of rotatable bonds is 4. The quantitative estimate of drug-likeness (QED) is 0.865. The third kappa shape index (κ3) is 3.30. The summed E-state index contributed by atoms with van der Waals surface area (Å²) in [6, 6.07) is 11.8. The first-order chi connectivity index (χ1) is 8.16. The van der Waals surface area contributed by atoms with E-state index in [0.29, 0.717) is 12.1 Å². The van der Waals surface area contributed by atoms with Crippen LogP contribution in [0.4, 0.5) is 0 Å². The van der Waals surface area contributed by atoms with Crippen molar-refractivity contribution in [3.8, 4) is 0 Å². The van der Waals surface area contributed by atoms with Crippen LogP contribution < -0.4 is 5.73 Å². The lowest BCUT2D eigenvalue weighted by molar-refractivity contribution is 0.212. The Balaban J connectivity index is 2.13. The van der Waals surface area contributed by atoms with Crippen LogP contribution in [0.1, 0.15) is 38.3 Å². The molecule has 0 spiro atoms. The lowest BCUT2D eigenvalue weighted by Crippen LogP contribution is -2.31. The van der Waals surface area contributed by atoms with Gasteiger partial charge < -0.3 is 5.73 Å². The van der Waals surface area contributed by atoms with E-state index < -0.39 is 0 Å². The van der Waals surface area contributed by atoms with Crippen LogP contribution in [0, 0.1) is 5.92 Å². The number of hydrogen-bond donors (Lipinski definition) is 1. The molecule has 2 N–H and O–H groups in total. The van der Waals surface area contributed by atoms with Crippen LogP contribution in [0.3, 0.4) is 0 Å². The van der Waals surface area contributed by atoms with Crippen LogP contribution in [0.15, 0.2) is 30.3 Å². The highest BCUT2D eigenvalue weighted by atomic mass is 15.2. The van der Waals surface area contributed by atoms with Crippen molar-refractivity contribution in [2.45, 2.75) is 38.8 Å². The van der Waals surface area contributed by atoms with E-state index in [1.54, 1.807) is 0 Å². The van der Waals surface area contributed by atoms with Gasteiger partial charge in [-0.2, -0.15) is 0 Å². The maximum absolute atomic E-state index is 6.03. The summed E-state index contributed by atoms with van der Waals surface area (Å²) < 4.78 is 0. The molecule has 0 aliphatic carbocycles. The lowest BCUT2D eigenvalue weighted by atomic mass is 9.96. The van der Waals surface area contributed by atoms with Gasteiger partial charge in [0.1, 0.15) is 0 Å². The molecule has 17 heavy (non-hydrogen) atoms. The fraction of sp³-hybridized carbons (Fsp3) is 0.600. The standard InChI is InChI=1S/C15H24N2/c1-12(2)10-15(13-6-4-3-5-7-13)17-9-8-14(16)11-17/h3-7,12,14-15H,8-11,16H2,1-2H3. The van der Waals surface area contributed by atoms with Gasteiger partial charge >= 0.3 is 0 Å². The van der Waals surface area contributed by atoms with Crippen molar-refractivity contribution in [3.05, 3.63) is 35.9 Å². The molecule has 1 aliphatic rings. The summed E-state index contributed by atoms with van der Waals surface area (Å²) in [5, 5.41) is 0. The van der Waals surface area contributed by atoms with E-state index in [0.717, 1.165) is 25.4 Å². The molecule has 1 saturated heterocycles. The van der Waals surface area contributed by atoms with Crippen LogP contribution >= 0.6 is 0 Å². The Morgan fingerprint density at radius 3 is 2.53 bits per heavy atom. The second kappa shape index (κ2) is 5.65. The van der Waals surface area contributed by atoms with Crippen molar-refractivity contribution in [3.63, 3.8) is 0 Å². The van der Waals surface area contributed by atoms with Gasteiger partial charge in [-0.05, 0) is 24.3 Å². The summed E-state index contributed by atoms with van der Waals surface area (Å²) in [5.74, 6) is 0.719. The predicted molar refractivity (Wildman–Crippen MR) is 72.8 cm³/mol. The molecular formula is C15H24N2. The minimum Gasteiger partial charge on any atom is -0.326 e. The average Bonchev–Trinajstić information content (AvgIpc) is 2.73. The number of likely N-dealkylation sites (tertiary alicyclic amines) is 1. The highest BCUT2D eigenvalue weighted by Gasteiger charge is 2.27. The van der Waals surface area contributed by atoms with Gasteiger partial charge in [0.2, 0.25) is 0 Å². The number of nitrogens with two attached hydrogens (primary N) is 1. The van der Waals surface area contributed by atoms with Crippen LogP contribution in [0.2, 0.25) is 0 Å².